The molecular weight excluding hydrogens is 254 g/mol. The van der Waals surface area contributed by atoms with Crippen molar-refractivity contribution < 1.29 is 0 Å². The Morgan fingerprint density at radius 3 is 1.89 bits per heavy atom. The van der Waals surface area contributed by atoms with Crippen LogP contribution >= 0.6 is 11.8 Å². The van der Waals surface area contributed by atoms with Crippen molar-refractivity contribution in [3.8, 4) is 0 Å². The quantitative estimate of drug-likeness (QED) is 0.591. The van der Waals surface area contributed by atoms with Crippen molar-refractivity contribution in [3.05, 3.63) is 71.3 Å². The summed E-state index contributed by atoms with van der Waals surface area (Å²) in [4.78, 5) is 0. The zero-order valence-corrected chi connectivity index (χ0v) is 11.2. The van der Waals surface area contributed by atoms with Crippen LogP contribution in [0.3, 0.4) is 0 Å². The zero-order valence-electron chi connectivity index (χ0n) is 10.4. The van der Waals surface area contributed by atoms with Gasteiger partial charge in [0.1, 0.15) is 10.1 Å². The second-order valence-corrected chi connectivity index (χ2v) is 5.05. The molecule has 0 aliphatic carbocycles. The normalized spacial score (nSPS) is 10.2. The first-order chi connectivity index (χ1) is 9.20. The molecule has 0 unspecified atom stereocenters. The van der Waals surface area contributed by atoms with E-state index in [2.05, 4.69) is 0 Å². The van der Waals surface area contributed by atoms with Gasteiger partial charge < -0.3 is 5.73 Å². The minimum absolute atomic E-state index is 0.373. The van der Waals surface area contributed by atoms with E-state index in [0.717, 1.165) is 28.5 Å². The Balaban J connectivity index is 2.06. The molecular formula is C15H15N3S. The fraction of sp³-hybridized carbons (Fsp3) is 0.0667. The molecule has 0 aliphatic heterocycles. The lowest BCUT2D eigenvalue weighted by Gasteiger charge is -2.06. The van der Waals surface area contributed by atoms with Gasteiger partial charge >= 0.3 is 0 Å². The van der Waals surface area contributed by atoms with Crippen molar-refractivity contribution in [3.63, 3.8) is 0 Å². The average molecular weight is 269 g/mol. The maximum absolute atomic E-state index is 8.03. The Hall–Kier alpha value is -1.91. The predicted molar refractivity (Wildman–Crippen MR) is 82.0 cm³/mol. The summed E-state index contributed by atoms with van der Waals surface area (Å²) in [5.74, 6) is 0. The third-order valence-electron chi connectivity index (χ3n) is 2.69. The molecule has 0 saturated carbocycles. The lowest BCUT2D eigenvalue weighted by atomic mass is 10.1. The summed E-state index contributed by atoms with van der Waals surface area (Å²) in [6.45, 7) is 0.501. The second kappa shape index (κ2) is 6.31. The van der Waals surface area contributed by atoms with Crippen molar-refractivity contribution in [2.24, 2.45) is 5.73 Å². The smallest absolute Gasteiger partial charge is 0.100 e. The van der Waals surface area contributed by atoms with E-state index in [1.54, 1.807) is 0 Å². The van der Waals surface area contributed by atoms with E-state index in [-0.39, 0.29) is 0 Å². The Bertz CT molecular complexity index is 576. The van der Waals surface area contributed by atoms with Gasteiger partial charge in [0.15, 0.2) is 0 Å². The van der Waals surface area contributed by atoms with Crippen LogP contribution in [0.2, 0.25) is 0 Å². The van der Waals surface area contributed by atoms with E-state index in [0.29, 0.717) is 16.6 Å². The largest absolute Gasteiger partial charge is 0.326 e. The summed E-state index contributed by atoms with van der Waals surface area (Å²) in [5.41, 5.74) is 8.22. The standard InChI is InChI=1S/C15H15N3S/c16-10-11-6-8-13(9-7-11)15(18)19-14(17)12-4-2-1-3-5-12/h1-9,17-18H,10,16H2. The lowest BCUT2D eigenvalue weighted by molar-refractivity contribution is 1.07. The van der Waals surface area contributed by atoms with E-state index in [4.69, 9.17) is 16.6 Å². The first-order valence-electron chi connectivity index (χ1n) is 5.90. The summed E-state index contributed by atoms with van der Waals surface area (Å²) in [7, 11) is 0. The number of thioether (sulfide) groups is 1. The molecule has 4 heteroatoms. The lowest BCUT2D eigenvalue weighted by Crippen LogP contribution is -2.02. The van der Waals surface area contributed by atoms with E-state index in [1.165, 1.54) is 0 Å². The van der Waals surface area contributed by atoms with E-state index < -0.39 is 0 Å². The first-order valence-corrected chi connectivity index (χ1v) is 6.72. The highest BCUT2D eigenvalue weighted by Crippen LogP contribution is 2.18. The van der Waals surface area contributed by atoms with Crippen LogP contribution in [-0.4, -0.2) is 10.1 Å². The number of benzene rings is 2. The number of hydrogen-bond acceptors (Lipinski definition) is 4. The monoisotopic (exact) mass is 269 g/mol. The number of rotatable bonds is 3. The molecule has 19 heavy (non-hydrogen) atoms. The van der Waals surface area contributed by atoms with Gasteiger partial charge in [-0.3, -0.25) is 10.8 Å². The van der Waals surface area contributed by atoms with Gasteiger partial charge in [-0.05, 0) is 5.56 Å². The van der Waals surface area contributed by atoms with E-state index >= 15 is 0 Å². The first kappa shape index (κ1) is 13.5. The van der Waals surface area contributed by atoms with Crippen molar-refractivity contribution in [2.45, 2.75) is 6.54 Å². The molecule has 2 aromatic carbocycles. The topological polar surface area (TPSA) is 73.7 Å². The highest BCUT2D eigenvalue weighted by Gasteiger charge is 2.08. The summed E-state index contributed by atoms with van der Waals surface area (Å²) in [6, 6.07) is 17.0. The Morgan fingerprint density at radius 1 is 0.842 bits per heavy atom. The van der Waals surface area contributed by atoms with Gasteiger partial charge in [-0.15, -0.1) is 0 Å². The molecule has 0 atom stereocenters. The zero-order chi connectivity index (χ0) is 13.7. The van der Waals surface area contributed by atoms with Crippen molar-refractivity contribution in [1.29, 1.82) is 10.8 Å². The van der Waals surface area contributed by atoms with Crippen LogP contribution < -0.4 is 5.73 Å². The molecule has 0 saturated heterocycles. The minimum atomic E-state index is 0.373. The van der Waals surface area contributed by atoms with Crippen LogP contribution in [0.5, 0.6) is 0 Å². The third-order valence-corrected chi connectivity index (χ3v) is 3.57. The van der Waals surface area contributed by atoms with Gasteiger partial charge in [-0.2, -0.15) is 0 Å². The van der Waals surface area contributed by atoms with Gasteiger partial charge in [-0.25, -0.2) is 0 Å². The molecule has 0 aromatic heterocycles. The maximum Gasteiger partial charge on any atom is 0.100 e. The van der Waals surface area contributed by atoms with E-state index in [9.17, 15) is 0 Å². The fourth-order valence-electron chi connectivity index (χ4n) is 1.60. The van der Waals surface area contributed by atoms with Gasteiger partial charge in [0, 0.05) is 17.7 Å². The maximum atomic E-state index is 8.03. The fourth-order valence-corrected chi connectivity index (χ4v) is 2.31. The predicted octanol–water partition coefficient (Wildman–Crippen LogP) is 3.23. The van der Waals surface area contributed by atoms with Crippen LogP contribution in [0, 0.1) is 10.8 Å². The molecule has 2 rings (SSSR count). The molecule has 3 nitrogen and oxygen atoms in total. The molecule has 0 bridgehead atoms. The molecule has 0 fully saturated rings. The molecule has 0 heterocycles. The Kier molecular flexibility index (Phi) is 4.49. The summed E-state index contributed by atoms with van der Waals surface area (Å²) in [5, 5.41) is 16.8. The number of hydrogen-bond donors (Lipinski definition) is 3. The van der Waals surface area contributed by atoms with Crippen LogP contribution in [0.1, 0.15) is 16.7 Å². The molecule has 4 N–H and O–H groups in total. The van der Waals surface area contributed by atoms with E-state index in [1.807, 2.05) is 54.6 Å². The SMILES string of the molecule is N=C(SC(=N)c1ccc(CN)cc1)c1ccccc1. The van der Waals surface area contributed by atoms with Gasteiger partial charge in [0.05, 0.1) is 0 Å². The third kappa shape index (κ3) is 3.53. The van der Waals surface area contributed by atoms with Crippen LogP contribution in [0.15, 0.2) is 54.6 Å². The molecule has 2 aromatic rings. The number of nitrogens with two attached hydrogens (primary N) is 1. The molecule has 0 amide bonds. The second-order valence-electron chi connectivity index (χ2n) is 4.03. The molecule has 96 valence electrons. The van der Waals surface area contributed by atoms with Crippen LogP contribution in [-0.2, 0) is 6.54 Å². The molecule has 0 radical (unpaired) electrons. The average Bonchev–Trinajstić information content (AvgIpc) is 2.48. The van der Waals surface area contributed by atoms with Gasteiger partial charge in [-0.1, -0.05) is 66.4 Å². The van der Waals surface area contributed by atoms with Gasteiger partial charge in [0.25, 0.3) is 0 Å². The summed E-state index contributed by atoms with van der Waals surface area (Å²) >= 11 is 1.15. The number of nitrogens with one attached hydrogen (secondary N) is 2. The summed E-state index contributed by atoms with van der Waals surface area (Å²) < 4.78 is 0. The molecule has 0 aliphatic rings. The van der Waals surface area contributed by atoms with Crippen molar-refractivity contribution in [1.82, 2.24) is 0 Å². The van der Waals surface area contributed by atoms with Crippen molar-refractivity contribution in [2.75, 3.05) is 0 Å². The van der Waals surface area contributed by atoms with Crippen LogP contribution in [0.4, 0.5) is 0 Å². The van der Waals surface area contributed by atoms with Crippen molar-refractivity contribution >= 4 is 21.8 Å². The summed E-state index contributed by atoms with van der Waals surface area (Å²) in [6.07, 6.45) is 0. The Labute approximate surface area is 116 Å². The highest BCUT2D eigenvalue weighted by atomic mass is 32.2. The van der Waals surface area contributed by atoms with Crippen LogP contribution in [0.25, 0.3) is 0 Å². The highest BCUT2D eigenvalue weighted by molar-refractivity contribution is 8.27. The van der Waals surface area contributed by atoms with Gasteiger partial charge in [0.2, 0.25) is 0 Å². The minimum Gasteiger partial charge on any atom is -0.326 e. The Morgan fingerprint density at radius 2 is 1.37 bits per heavy atom. The molecule has 0 spiro atoms.